The van der Waals surface area contributed by atoms with Gasteiger partial charge in [0.15, 0.2) is 0 Å². The molecule has 0 heterocycles. The zero-order chi connectivity index (χ0) is 5.86. The summed E-state index contributed by atoms with van der Waals surface area (Å²) in [5.41, 5.74) is 4.50. The van der Waals surface area contributed by atoms with Crippen molar-refractivity contribution in [1.29, 1.82) is 0 Å². The summed E-state index contributed by atoms with van der Waals surface area (Å²) in [6.45, 7) is 1.38. The van der Waals surface area contributed by atoms with E-state index < -0.39 is 5.50 Å². The molecule has 0 aromatic carbocycles. The van der Waals surface area contributed by atoms with Gasteiger partial charge in [0, 0.05) is 6.92 Å². The zero-order valence-electron chi connectivity index (χ0n) is 4.01. The Hall–Kier alpha value is -0.220. The lowest BCUT2D eigenvalue weighted by molar-refractivity contribution is -0.119. The highest BCUT2D eigenvalue weighted by Gasteiger charge is 1.91. The molecule has 3 nitrogen and oxygen atoms in total. The topological polar surface area (TPSA) is 55.1 Å². The van der Waals surface area contributed by atoms with Gasteiger partial charge in [-0.25, -0.2) is 0 Å². The Morgan fingerprint density at radius 2 is 2.43 bits per heavy atom. The lowest BCUT2D eigenvalue weighted by Crippen LogP contribution is -2.35. The van der Waals surface area contributed by atoms with Gasteiger partial charge in [-0.05, 0) is 0 Å². The first-order chi connectivity index (χ1) is 3.13. The molecule has 0 saturated heterocycles. The fourth-order valence-corrected chi connectivity index (χ4v) is 0.390. The van der Waals surface area contributed by atoms with Crippen LogP contribution in [0.5, 0.6) is 0 Å². The minimum atomic E-state index is -0.530. The molecule has 0 radical (unpaired) electrons. The molecule has 1 atom stereocenters. The molecule has 0 bridgehead atoms. The average molecular weight is 120 g/mol. The minimum Gasteiger partial charge on any atom is -0.332 e. The number of carbonyl (C=O) groups is 1. The quantitative estimate of drug-likeness (QED) is 0.316. The average Bonchev–Trinajstić information content (AvgIpc) is 1.27. The Kier molecular flexibility index (Phi) is 2.78. The number of hydrogen-bond acceptors (Lipinski definition) is 3. The third kappa shape index (κ3) is 5.78. The highest BCUT2D eigenvalue weighted by atomic mass is 32.1. The van der Waals surface area contributed by atoms with E-state index in [1.807, 2.05) is 0 Å². The van der Waals surface area contributed by atoms with Crippen LogP contribution in [0.4, 0.5) is 0 Å². The number of hydrogen-bond donors (Lipinski definition) is 3. The highest BCUT2D eigenvalue weighted by Crippen LogP contribution is 1.73. The van der Waals surface area contributed by atoms with Crippen molar-refractivity contribution in [1.82, 2.24) is 5.32 Å². The third-order valence-corrected chi connectivity index (χ3v) is 0.480. The molecule has 0 aromatic heterocycles. The van der Waals surface area contributed by atoms with E-state index in [1.54, 1.807) is 0 Å². The largest absolute Gasteiger partial charge is 0.332 e. The van der Waals surface area contributed by atoms with Crippen LogP contribution in [-0.4, -0.2) is 11.4 Å². The normalized spacial score (nSPS) is 13.0. The summed E-state index contributed by atoms with van der Waals surface area (Å²) < 4.78 is 0. The van der Waals surface area contributed by atoms with E-state index in [0.29, 0.717) is 0 Å². The van der Waals surface area contributed by atoms with Gasteiger partial charge in [-0.15, -0.1) is 12.6 Å². The van der Waals surface area contributed by atoms with E-state index in [2.05, 4.69) is 17.9 Å². The van der Waals surface area contributed by atoms with Gasteiger partial charge in [0.2, 0.25) is 5.91 Å². The molecule has 0 spiro atoms. The van der Waals surface area contributed by atoms with E-state index in [-0.39, 0.29) is 5.91 Å². The maximum Gasteiger partial charge on any atom is 0.218 e. The predicted molar refractivity (Wildman–Crippen MR) is 30.8 cm³/mol. The predicted octanol–water partition coefficient (Wildman–Crippen LogP) is -0.705. The molecule has 4 heteroatoms. The van der Waals surface area contributed by atoms with Crippen molar-refractivity contribution in [3.05, 3.63) is 0 Å². The van der Waals surface area contributed by atoms with Gasteiger partial charge >= 0.3 is 0 Å². The minimum absolute atomic E-state index is 0.164. The van der Waals surface area contributed by atoms with Crippen LogP contribution in [-0.2, 0) is 4.79 Å². The van der Waals surface area contributed by atoms with Crippen LogP contribution in [0.3, 0.4) is 0 Å². The van der Waals surface area contributed by atoms with Crippen LogP contribution in [0.2, 0.25) is 0 Å². The van der Waals surface area contributed by atoms with Gasteiger partial charge in [0.1, 0.15) is 5.50 Å². The lowest BCUT2D eigenvalue weighted by Gasteiger charge is -2.01. The molecule has 7 heavy (non-hydrogen) atoms. The summed E-state index contributed by atoms with van der Waals surface area (Å²) in [5, 5.41) is 2.31. The molecule has 0 saturated carbocycles. The van der Waals surface area contributed by atoms with Crippen LogP contribution in [0.15, 0.2) is 0 Å². The number of thiol groups is 1. The first-order valence-electron chi connectivity index (χ1n) is 1.83. The van der Waals surface area contributed by atoms with Crippen LogP contribution in [0.1, 0.15) is 6.92 Å². The number of carbonyl (C=O) groups excluding carboxylic acids is 1. The van der Waals surface area contributed by atoms with Gasteiger partial charge in [0.05, 0.1) is 0 Å². The summed E-state index contributed by atoms with van der Waals surface area (Å²) in [7, 11) is 0. The smallest absolute Gasteiger partial charge is 0.218 e. The summed E-state index contributed by atoms with van der Waals surface area (Å²) >= 11 is 3.68. The van der Waals surface area contributed by atoms with Crippen molar-refractivity contribution < 1.29 is 4.79 Å². The number of nitrogens with one attached hydrogen (secondary N) is 1. The maximum atomic E-state index is 10.0. The molecule has 0 aliphatic heterocycles. The van der Waals surface area contributed by atoms with E-state index in [4.69, 9.17) is 5.73 Å². The SMILES string of the molecule is CC(=O)NC(N)S. The Labute approximate surface area is 47.7 Å². The number of rotatable bonds is 1. The molecule has 0 rings (SSSR count). The van der Waals surface area contributed by atoms with Gasteiger partial charge in [0.25, 0.3) is 0 Å². The molecule has 3 N–H and O–H groups in total. The van der Waals surface area contributed by atoms with Crippen molar-refractivity contribution >= 4 is 18.5 Å². The van der Waals surface area contributed by atoms with Crippen molar-refractivity contribution in [2.45, 2.75) is 12.4 Å². The molecule has 1 unspecified atom stereocenters. The zero-order valence-corrected chi connectivity index (χ0v) is 4.90. The highest BCUT2D eigenvalue weighted by molar-refractivity contribution is 7.80. The monoisotopic (exact) mass is 120 g/mol. The van der Waals surface area contributed by atoms with E-state index >= 15 is 0 Å². The molecule has 0 aliphatic rings. The standard InChI is InChI=1S/C3H8N2OS/c1-2(6)5-3(4)7/h3,7H,4H2,1H3,(H,5,6). The summed E-state index contributed by atoms with van der Waals surface area (Å²) in [6.07, 6.45) is 0. The fourth-order valence-electron chi connectivity index (χ4n) is 0.208. The molecule has 0 fully saturated rings. The second-order valence-corrected chi connectivity index (χ2v) is 1.70. The Morgan fingerprint density at radius 3 is 2.43 bits per heavy atom. The van der Waals surface area contributed by atoms with E-state index in [0.717, 1.165) is 0 Å². The van der Waals surface area contributed by atoms with Gasteiger partial charge in [-0.3, -0.25) is 4.79 Å². The molecule has 1 amide bonds. The van der Waals surface area contributed by atoms with Crippen LogP contribution >= 0.6 is 12.6 Å². The Bertz CT molecular complexity index is 73.3. The number of amides is 1. The second-order valence-electron chi connectivity index (χ2n) is 1.15. The molecular formula is C3H8N2OS. The summed E-state index contributed by atoms with van der Waals surface area (Å²) in [4.78, 5) is 10.0. The summed E-state index contributed by atoms with van der Waals surface area (Å²) in [5.74, 6) is -0.164. The fraction of sp³-hybridized carbons (Fsp3) is 0.667. The second kappa shape index (κ2) is 2.87. The van der Waals surface area contributed by atoms with Gasteiger partial charge in [-0.1, -0.05) is 0 Å². The molecule has 0 aromatic rings. The van der Waals surface area contributed by atoms with Gasteiger partial charge < -0.3 is 11.1 Å². The van der Waals surface area contributed by atoms with Crippen LogP contribution in [0, 0.1) is 0 Å². The van der Waals surface area contributed by atoms with Crippen LogP contribution < -0.4 is 11.1 Å². The first-order valence-corrected chi connectivity index (χ1v) is 2.35. The molecule has 42 valence electrons. The van der Waals surface area contributed by atoms with Crippen molar-refractivity contribution in [2.24, 2.45) is 5.73 Å². The molecule has 0 aliphatic carbocycles. The lowest BCUT2D eigenvalue weighted by atomic mass is 10.7. The van der Waals surface area contributed by atoms with Crippen molar-refractivity contribution in [2.75, 3.05) is 0 Å². The Balaban J connectivity index is 3.13. The van der Waals surface area contributed by atoms with Gasteiger partial charge in [-0.2, -0.15) is 0 Å². The van der Waals surface area contributed by atoms with Crippen molar-refractivity contribution in [3.63, 3.8) is 0 Å². The summed E-state index contributed by atoms with van der Waals surface area (Å²) in [6, 6.07) is 0. The maximum absolute atomic E-state index is 10.0. The Morgan fingerprint density at radius 1 is 2.00 bits per heavy atom. The molecular weight excluding hydrogens is 112 g/mol. The number of nitrogens with two attached hydrogens (primary N) is 1. The third-order valence-electron chi connectivity index (χ3n) is 0.351. The van der Waals surface area contributed by atoms with Crippen molar-refractivity contribution in [3.8, 4) is 0 Å². The van der Waals surface area contributed by atoms with E-state index in [1.165, 1.54) is 6.92 Å². The van der Waals surface area contributed by atoms with Crippen LogP contribution in [0.25, 0.3) is 0 Å². The first kappa shape index (κ1) is 6.78. The van der Waals surface area contributed by atoms with E-state index in [9.17, 15) is 4.79 Å².